The molecule has 0 fully saturated rings. The largest absolute Gasteiger partial charge is 0.465 e. The Morgan fingerprint density at radius 2 is 1.86 bits per heavy atom. The first kappa shape index (κ1) is 14.4. The van der Waals surface area contributed by atoms with E-state index < -0.39 is 17.6 Å². The SMILES string of the molecule is O=C1[C]Oc2ccccc2N1Cc1cccc(C(F)(F)F)c1. The number of carbonyl (C=O) groups is 1. The molecule has 2 aromatic carbocycles. The van der Waals surface area contributed by atoms with Crippen LogP contribution in [0.2, 0.25) is 0 Å². The maximum atomic E-state index is 12.7. The number of nitrogens with zero attached hydrogens (tertiary/aromatic N) is 1. The van der Waals surface area contributed by atoms with Crippen molar-refractivity contribution in [2.75, 3.05) is 4.90 Å². The molecule has 0 aromatic heterocycles. The van der Waals surface area contributed by atoms with Crippen molar-refractivity contribution in [1.82, 2.24) is 0 Å². The van der Waals surface area contributed by atoms with Crippen molar-refractivity contribution in [2.45, 2.75) is 12.7 Å². The molecule has 0 aliphatic carbocycles. The summed E-state index contributed by atoms with van der Waals surface area (Å²) in [4.78, 5) is 13.2. The molecular formula is C16H10F3NO2. The summed E-state index contributed by atoms with van der Waals surface area (Å²) < 4.78 is 43.3. The average Bonchev–Trinajstić information content (AvgIpc) is 2.50. The van der Waals surface area contributed by atoms with Crippen LogP contribution >= 0.6 is 0 Å². The van der Waals surface area contributed by atoms with Crippen LogP contribution in [0.25, 0.3) is 0 Å². The first-order chi connectivity index (χ1) is 10.4. The zero-order chi connectivity index (χ0) is 15.7. The van der Waals surface area contributed by atoms with Crippen molar-refractivity contribution >= 4 is 11.6 Å². The van der Waals surface area contributed by atoms with Gasteiger partial charge in [-0.15, -0.1) is 0 Å². The van der Waals surface area contributed by atoms with Gasteiger partial charge in [0.05, 0.1) is 17.8 Å². The minimum Gasteiger partial charge on any atom is -0.465 e. The van der Waals surface area contributed by atoms with Gasteiger partial charge in [-0.05, 0) is 29.8 Å². The van der Waals surface area contributed by atoms with Crippen molar-refractivity contribution in [3.8, 4) is 5.75 Å². The van der Waals surface area contributed by atoms with Crippen molar-refractivity contribution in [3.05, 3.63) is 66.3 Å². The minimum absolute atomic E-state index is 0.0100. The lowest BCUT2D eigenvalue weighted by molar-refractivity contribution is -0.137. The fraction of sp³-hybridized carbons (Fsp3) is 0.125. The van der Waals surface area contributed by atoms with Crippen LogP contribution < -0.4 is 9.64 Å². The Balaban J connectivity index is 1.92. The van der Waals surface area contributed by atoms with Gasteiger partial charge in [-0.3, -0.25) is 4.79 Å². The molecular weight excluding hydrogens is 295 g/mol. The molecule has 0 spiro atoms. The van der Waals surface area contributed by atoms with Gasteiger partial charge < -0.3 is 9.64 Å². The highest BCUT2D eigenvalue weighted by atomic mass is 19.4. The Kier molecular flexibility index (Phi) is 3.52. The highest BCUT2D eigenvalue weighted by Gasteiger charge is 2.31. The second-order valence-corrected chi connectivity index (χ2v) is 4.76. The Morgan fingerprint density at radius 1 is 1.09 bits per heavy atom. The number of amides is 1. The molecule has 1 amide bonds. The van der Waals surface area contributed by atoms with Gasteiger partial charge in [-0.25, -0.2) is 0 Å². The van der Waals surface area contributed by atoms with Crippen LogP contribution in [-0.4, -0.2) is 5.91 Å². The molecule has 1 heterocycles. The lowest BCUT2D eigenvalue weighted by atomic mass is 10.1. The third kappa shape index (κ3) is 2.77. The summed E-state index contributed by atoms with van der Waals surface area (Å²) in [5.41, 5.74) is 0.136. The standard InChI is InChI=1S/C16H10F3NO2/c17-16(18,19)12-5-3-4-11(8-12)9-20-13-6-1-2-7-14(13)22-10-15(20)21/h1-8H,9H2. The molecule has 22 heavy (non-hydrogen) atoms. The highest BCUT2D eigenvalue weighted by molar-refractivity contribution is 6.01. The van der Waals surface area contributed by atoms with E-state index >= 15 is 0 Å². The van der Waals surface area contributed by atoms with Gasteiger partial charge in [-0.1, -0.05) is 24.3 Å². The summed E-state index contributed by atoms with van der Waals surface area (Å²) in [6.07, 6.45) is -4.42. The molecule has 0 atom stereocenters. The van der Waals surface area contributed by atoms with Gasteiger partial charge in [0.15, 0.2) is 0 Å². The number of anilines is 1. The fourth-order valence-electron chi connectivity index (χ4n) is 2.22. The van der Waals surface area contributed by atoms with Gasteiger partial charge in [0.2, 0.25) is 0 Å². The number of hydrogen-bond acceptors (Lipinski definition) is 2. The summed E-state index contributed by atoms with van der Waals surface area (Å²) >= 11 is 0. The van der Waals surface area contributed by atoms with Gasteiger partial charge >= 0.3 is 6.18 Å². The topological polar surface area (TPSA) is 29.5 Å². The highest BCUT2D eigenvalue weighted by Crippen LogP contribution is 2.34. The molecule has 0 N–H and O–H groups in total. The lowest BCUT2D eigenvalue weighted by Crippen LogP contribution is -2.35. The zero-order valence-electron chi connectivity index (χ0n) is 11.2. The van der Waals surface area contributed by atoms with E-state index in [9.17, 15) is 18.0 Å². The molecule has 1 aliphatic rings. The summed E-state index contributed by atoms with van der Waals surface area (Å²) in [6.45, 7) is 2.23. The summed E-state index contributed by atoms with van der Waals surface area (Å²) in [6, 6.07) is 11.7. The maximum Gasteiger partial charge on any atom is 0.416 e. The first-order valence-corrected chi connectivity index (χ1v) is 6.45. The normalized spacial score (nSPS) is 14.5. The maximum absolute atomic E-state index is 12.7. The molecule has 1 aliphatic heterocycles. The first-order valence-electron chi connectivity index (χ1n) is 6.45. The summed E-state index contributed by atoms with van der Waals surface area (Å²) in [5.74, 6) is -0.0924. The molecule has 2 aromatic rings. The van der Waals surface area contributed by atoms with Gasteiger partial charge in [0.25, 0.3) is 12.5 Å². The number of ether oxygens (including phenoxy) is 1. The molecule has 3 rings (SSSR count). The van der Waals surface area contributed by atoms with Crippen molar-refractivity contribution < 1.29 is 22.7 Å². The molecule has 112 valence electrons. The monoisotopic (exact) mass is 305 g/mol. The molecule has 0 unspecified atom stereocenters. The number of carbonyl (C=O) groups excluding carboxylic acids is 1. The van der Waals surface area contributed by atoms with Crippen molar-refractivity contribution in [3.63, 3.8) is 0 Å². The molecule has 0 saturated heterocycles. The number of halogens is 3. The number of alkyl halides is 3. The predicted octanol–water partition coefficient (Wildman–Crippen LogP) is 3.67. The van der Waals surface area contributed by atoms with E-state index in [1.807, 2.05) is 0 Å². The molecule has 2 radical (unpaired) electrons. The third-order valence-corrected chi connectivity index (χ3v) is 3.24. The second kappa shape index (κ2) is 5.36. The van der Waals surface area contributed by atoms with Crippen LogP contribution in [0.4, 0.5) is 18.9 Å². The van der Waals surface area contributed by atoms with Crippen LogP contribution in [-0.2, 0) is 17.5 Å². The number of hydrogen-bond donors (Lipinski definition) is 0. The Labute approximate surface area is 124 Å². The number of para-hydroxylation sites is 2. The predicted molar refractivity (Wildman–Crippen MR) is 72.9 cm³/mol. The van der Waals surface area contributed by atoms with E-state index in [0.717, 1.165) is 12.1 Å². The van der Waals surface area contributed by atoms with Crippen LogP contribution in [0.5, 0.6) is 5.75 Å². The van der Waals surface area contributed by atoms with E-state index in [1.54, 1.807) is 30.3 Å². The molecule has 0 saturated carbocycles. The average molecular weight is 305 g/mol. The minimum atomic E-state index is -4.42. The van der Waals surface area contributed by atoms with E-state index in [0.29, 0.717) is 17.0 Å². The molecule has 6 heteroatoms. The van der Waals surface area contributed by atoms with Crippen molar-refractivity contribution in [2.24, 2.45) is 0 Å². The fourth-order valence-corrected chi connectivity index (χ4v) is 2.22. The molecule has 0 bridgehead atoms. The zero-order valence-corrected chi connectivity index (χ0v) is 11.2. The van der Waals surface area contributed by atoms with Crippen LogP contribution in [0.1, 0.15) is 11.1 Å². The van der Waals surface area contributed by atoms with Gasteiger partial charge in [0, 0.05) is 0 Å². The van der Waals surface area contributed by atoms with Crippen LogP contribution in [0.15, 0.2) is 48.5 Å². The third-order valence-electron chi connectivity index (χ3n) is 3.24. The van der Waals surface area contributed by atoms with Gasteiger partial charge in [0.1, 0.15) is 5.75 Å². The Bertz CT molecular complexity index is 713. The van der Waals surface area contributed by atoms with E-state index in [2.05, 4.69) is 6.61 Å². The van der Waals surface area contributed by atoms with Crippen molar-refractivity contribution in [1.29, 1.82) is 0 Å². The Morgan fingerprint density at radius 3 is 2.64 bits per heavy atom. The number of benzene rings is 2. The number of fused-ring (bicyclic) bond motifs is 1. The van der Waals surface area contributed by atoms with E-state index in [4.69, 9.17) is 4.74 Å². The number of rotatable bonds is 2. The Hall–Kier alpha value is -2.50. The van der Waals surface area contributed by atoms with E-state index in [1.165, 1.54) is 11.0 Å². The van der Waals surface area contributed by atoms with Crippen LogP contribution in [0.3, 0.4) is 0 Å². The van der Waals surface area contributed by atoms with Gasteiger partial charge in [-0.2, -0.15) is 13.2 Å². The smallest absolute Gasteiger partial charge is 0.416 e. The summed E-state index contributed by atoms with van der Waals surface area (Å²) in [5, 5.41) is 0. The summed E-state index contributed by atoms with van der Waals surface area (Å²) in [7, 11) is 0. The quantitative estimate of drug-likeness (QED) is 0.847. The van der Waals surface area contributed by atoms with Crippen LogP contribution in [0, 0.1) is 6.61 Å². The lowest BCUT2D eigenvalue weighted by Gasteiger charge is -2.28. The molecule has 3 nitrogen and oxygen atoms in total. The second-order valence-electron chi connectivity index (χ2n) is 4.76. The van der Waals surface area contributed by atoms with E-state index in [-0.39, 0.29) is 6.54 Å².